The van der Waals surface area contributed by atoms with Crippen molar-refractivity contribution in [3.8, 4) is 11.6 Å². The lowest BCUT2D eigenvalue weighted by molar-refractivity contribution is -0.139. The van der Waals surface area contributed by atoms with E-state index in [0.29, 0.717) is 0 Å². The maximum Gasteiger partial charge on any atom is 0.421 e. The number of esters is 1. The van der Waals surface area contributed by atoms with Gasteiger partial charge in [-0.05, 0) is 30.7 Å². The number of aryl methyl sites for hydroxylation is 1. The van der Waals surface area contributed by atoms with Crippen molar-refractivity contribution in [1.29, 1.82) is 0 Å². The van der Waals surface area contributed by atoms with Crippen molar-refractivity contribution in [2.75, 3.05) is 39.4 Å². The van der Waals surface area contributed by atoms with Crippen LogP contribution in [0.15, 0.2) is 42.7 Å². The summed E-state index contributed by atoms with van der Waals surface area (Å²) in [5.41, 5.74) is -1.87. The van der Waals surface area contributed by atoms with Crippen LogP contribution in [-0.4, -0.2) is 62.4 Å². The molecule has 2 aromatic heterocycles. The molecule has 0 aliphatic heterocycles. The van der Waals surface area contributed by atoms with Crippen molar-refractivity contribution >= 4 is 29.2 Å². The number of methoxy groups -OCH3 is 3. The highest BCUT2D eigenvalue weighted by Gasteiger charge is 2.37. The molecule has 0 saturated heterocycles. The second-order valence-corrected chi connectivity index (χ2v) is 8.79. The molecule has 0 saturated carbocycles. The zero-order valence-corrected chi connectivity index (χ0v) is 22.5. The number of carbonyl (C=O) groups is 2. The fourth-order valence-corrected chi connectivity index (χ4v) is 3.83. The van der Waals surface area contributed by atoms with E-state index in [2.05, 4.69) is 9.97 Å². The van der Waals surface area contributed by atoms with Gasteiger partial charge in [-0.2, -0.15) is 13.2 Å². The number of alkyl halides is 3. The van der Waals surface area contributed by atoms with Gasteiger partial charge in [0.25, 0.3) is 5.91 Å². The molecule has 0 fully saturated rings. The molecule has 3 rings (SSSR count). The standard InChI is InChI=1S/C26H24ClF4N3O6/c1-14-7-18(26(29,30)31)23(33-10-14)40-22-8-17(25(36)39-4)21(9-19(22)28)34(16(12-37-2)13-38-3)24(35)20-6-5-15(27)11-32-20/h5-11,16H,12-13H2,1-4H3. The number of halogens is 5. The monoisotopic (exact) mass is 585 g/mol. The largest absolute Gasteiger partial charge is 0.465 e. The Balaban J connectivity index is 2.21. The van der Waals surface area contributed by atoms with Crippen LogP contribution in [0.4, 0.5) is 23.2 Å². The Labute approximate surface area is 231 Å². The maximum atomic E-state index is 15.5. The summed E-state index contributed by atoms with van der Waals surface area (Å²) in [7, 11) is 3.75. The molecule has 214 valence electrons. The van der Waals surface area contributed by atoms with Crippen LogP contribution in [0, 0.1) is 12.7 Å². The van der Waals surface area contributed by atoms with Crippen molar-refractivity contribution in [3.63, 3.8) is 0 Å². The Morgan fingerprint density at radius 2 is 1.70 bits per heavy atom. The highest BCUT2D eigenvalue weighted by molar-refractivity contribution is 6.30. The zero-order valence-electron chi connectivity index (χ0n) is 21.7. The highest BCUT2D eigenvalue weighted by atomic mass is 35.5. The van der Waals surface area contributed by atoms with Gasteiger partial charge in [0.15, 0.2) is 11.6 Å². The Morgan fingerprint density at radius 3 is 2.25 bits per heavy atom. The van der Waals surface area contributed by atoms with Crippen LogP contribution >= 0.6 is 11.6 Å². The summed E-state index contributed by atoms with van der Waals surface area (Å²) in [6.45, 7) is 1.17. The summed E-state index contributed by atoms with van der Waals surface area (Å²) in [5, 5.41) is 0.249. The molecule has 0 unspecified atom stereocenters. The number of carbonyl (C=O) groups excluding carboxylic acids is 2. The van der Waals surface area contributed by atoms with Gasteiger partial charge in [-0.25, -0.2) is 19.2 Å². The Kier molecular flexibility index (Phi) is 10.0. The highest BCUT2D eigenvalue weighted by Crippen LogP contribution is 2.39. The fourth-order valence-electron chi connectivity index (χ4n) is 3.72. The average molecular weight is 586 g/mol. The number of hydrogen-bond acceptors (Lipinski definition) is 8. The molecule has 0 aliphatic carbocycles. The smallest absolute Gasteiger partial charge is 0.421 e. The molecular formula is C26H24ClF4N3O6. The Hall–Kier alpha value is -3.81. The first-order valence-corrected chi connectivity index (χ1v) is 11.9. The van der Waals surface area contributed by atoms with Crippen molar-refractivity contribution < 1.29 is 46.1 Å². The van der Waals surface area contributed by atoms with Gasteiger partial charge in [0.2, 0.25) is 5.88 Å². The molecule has 40 heavy (non-hydrogen) atoms. The van der Waals surface area contributed by atoms with Crippen molar-refractivity contribution in [3.05, 3.63) is 75.9 Å². The number of anilines is 1. The summed E-state index contributed by atoms with van der Waals surface area (Å²) in [4.78, 5) is 35.2. The van der Waals surface area contributed by atoms with E-state index in [9.17, 15) is 22.8 Å². The molecule has 14 heteroatoms. The molecule has 0 atom stereocenters. The molecule has 0 N–H and O–H groups in total. The van der Waals surface area contributed by atoms with Gasteiger partial charge in [0, 0.05) is 38.7 Å². The SMILES string of the molecule is COCC(COC)N(C(=O)c1ccc(Cl)cn1)c1cc(F)c(Oc2ncc(C)cc2C(F)(F)F)cc1C(=O)OC. The lowest BCUT2D eigenvalue weighted by Crippen LogP contribution is -2.47. The van der Waals surface area contributed by atoms with Gasteiger partial charge in [0.1, 0.15) is 11.3 Å². The average Bonchev–Trinajstić information content (AvgIpc) is 2.90. The van der Waals surface area contributed by atoms with Gasteiger partial charge in [-0.15, -0.1) is 0 Å². The lowest BCUT2D eigenvalue weighted by atomic mass is 10.1. The number of hydrogen-bond donors (Lipinski definition) is 0. The van der Waals surface area contributed by atoms with Crippen molar-refractivity contribution in [2.24, 2.45) is 0 Å². The summed E-state index contributed by atoms with van der Waals surface area (Å²) in [6, 6.07) is 4.19. The van der Waals surface area contributed by atoms with Gasteiger partial charge in [-0.3, -0.25) is 9.69 Å². The Morgan fingerprint density at radius 1 is 1.02 bits per heavy atom. The number of amides is 1. The van der Waals surface area contributed by atoms with E-state index in [4.69, 9.17) is 30.5 Å². The fraction of sp³-hybridized carbons (Fsp3) is 0.308. The quantitative estimate of drug-likeness (QED) is 0.228. The van der Waals surface area contributed by atoms with Gasteiger partial charge in [0.05, 0.1) is 42.6 Å². The predicted molar refractivity (Wildman–Crippen MR) is 135 cm³/mol. The van der Waals surface area contributed by atoms with E-state index in [1.807, 2.05) is 0 Å². The Bertz CT molecular complexity index is 1370. The number of aromatic nitrogens is 2. The molecule has 1 aromatic carbocycles. The first-order chi connectivity index (χ1) is 18.9. The third kappa shape index (κ3) is 7.03. The summed E-state index contributed by atoms with van der Waals surface area (Å²) >= 11 is 5.89. The van der Waals surface area contributed by atoms with Crippen LogP contribution in [0.3, 0.4) is 0 Å². The molecule has 3 aromatic rings. The van der Waals surface area contributed by atoms with Gasteiger partial charge < -0.3 is 18.9 Å². The molecule has 1 amide bonds. The van der Waals surface area contributed by atoms with E-state index in [1.165, 1.54) is 39.5 Å². The van der Waals surface area contributed by atoms with Crippen LogP contribution in [-0.2, 0) is 20.4 Å². The minimum absolute atomic E-state index is 0.114. The summed E-state index contributed by atoms with van der Waals surface area (Å²) in [5.74, 6) is -4.72. The van der Waals surface area contributed by atoms with Crippen LogP contribution in [0.2, 0.25) is 5.02 Å². The van der Waals surface area contributed by atoms with Crippen LogP contribution in [0.1, 0.15) is 32.0 Å². The molecule has 0 radical (unpaired) electrons. The first-order valence-electron chi connectivity index (χ1n) is 11.5. The van der Waals surface area contributed by atoms with E-state index >= 15 is 4.39 Å². The molecule has 9 nitrogen and oxygen atoms in total. The minimum atomic E-state index is -4.86. The van der Waals surface area contributed by atoms with E-state index in [0.717, 1.165) is 36.4 Å². The second kappa shape index (κ2) is 13.0. The predicted octanol–water partition coefficient (Wildman–Crippen LogP) is 5.48. The summed E-state index contributed by atoms with van der Waals surface area (Å²) < 4.78 is 76.8. The van der Waals surface area contributed by atoms with Gasteiger partial charge >= 0.3 is 12.1 Å². The topological polar surface area (TPSA) is 100 Å². The van der Waals surface area contributed by atoms with Crippen LogP contribution in [0.5, 0.6) is 11.6 Å². The van der Waals surface area contributed by atoms with Crippen molar-refractivity contribution in [2.45, 2.75) is 19.1 Å². The second-order valence-electron chi connectivity index (χ2n) is 8.36. The molecule has 0 spiro atoms. The van der Waals surface area contributed by atoms with Crippen LogP contribution in [0.25, 0.3) is 0 Å². The van der Waals surface area contributed by atoms with E-state index in [-0.39, 0.29) is 35.2 Å². The number of pyridine rings is 2. The van der Waals surface area contributed by atoms with Crippen LogP contribution < -0.4 is 9.64 Å². The number of nitrogens with zero attached hydrogens (tertiary/aromatic N) is 3. The zero-order chi connectivity index (χ0) is 29.6. The van der Waals surface area contributed by atoms with Crippen molar-refractivity contribution in [1.82, 2.24) is 9.97 Å². The van der Waals surface area contributed by atoms with E-state index in [1.54, 1.807) is 0 Å². The number of ether oxygens (including phenoxy) is 4. The first kappa shape index (κ1) is 30.7. The number of benzene rings is 1. The molecular weight excluding hydrogens is 562 g/mol. The maximum absolute atomic E-state index is 15.5. The minimum Gasteiger partial charge on any atom is -0.465 e. The lowest BCUT2D eigenvalue weighted by Gasteiger charge is -2.32. The summed E-state index contributed by atoms with van der Waals surface area (Å²) in [6.07, 6.45) is -2.53. The third-order valence-electron chi connectivity index (χ3n) is 5.46. The normalized spacial score (nSPS) is 11.4. The molecule has 2 heterocycles. The van der Waals surface area contributed by atoms with E-state index < -0.39 is 52.7 Å². The molecule has 0 bridgehead atoms. The van der Waals surface area contributed by atoms with Gasteiger partial charge in [-0.1, -0.05) is 11.6 Å². The molecule has 0 aliphatic rings. The third-order valence-corrected chi connectivity index (χ3v) is 5.69. The number of rotatable bonds is 10.